The largest absolute Gasteiger partial charge is 0.468 e. The van der Waals surface area contributed by atoms with Crippen LogP contribution in [0.15, 0.2) is 16.7 Å². The highest BCUT2D eigenvalue weighted by molar-refractivity contribution is 14.1. The fourth-order valence-corrected chi connectivity index (χ4v) is 1.61. The van der Waals surface area contributed by atoms with Gasteiger partial charge in [0.2, 0.25) is 0 Å². The molecule has 0 fully saturated rings. The van der Waals surface area contributed by atoms with E-state index < -0.39 is 0 Å². The van der Waals surface area contributed by atoms with Gasteiger partial charge in [-0.05, 0) is 28.7 Å². The van der Waals surface area contributed by atoms with Gasteiger partial charge in [-0.1, -0.05) is 13.8 Å². The Labute approximate surface area is 68.6 Å². The summed E-state index contributed by atoms with van der Waals surface area (Å²) in [4.78, 5) is 0. The van der Waals surface area contributed by atoms with E-state index in [-0.39, 0.29) is 0 Å². The molecule has 0 aromatic carbocycles. The van der Waals surface area contributed by atoms with Gasteiger partial charge in [0.1, 0.15) is 5.76 Å². The van der Waals surface area contributed by atoms with Gasteiger partial charge in [0.15, 0.2) is 0 Å². The molecule has 0 saturated carbocycles. The van der Waals surface area contributed by atoms with Crippen molar-refractivity contribution >= 4 is 22.6 Å². The molecule has 1 rings (SSSR count). The quantitative estimate of drug-likeness (QED) is 0.683. The molecule has 0 aliphatic rings. The molecule has 0 spiro atoms. The Kier molecular flexibility index (Phi) is 2.16. The molecule has 0 aliphatic carbocycles. The van der Waals surface area contributed by atoms with E-state index in [9.17, 15) is 0 Å². The first-order valence-corrected chi connectivity index (χ1v) is 4.02. The van der Waals surface area contributed by atoms with Gasteiger partial charge in [-0.25, -0.2) is 0 Å². The van der Waals surface area contributed by atoms with Gasteiger partial charge in [-0.15, -0.1) is 0 Å². The Morgan fingerprint density at radius 1 is 1.56 bits per heavy atom. The molecule has 0 bridgehead atoms. The molecule has 0 unspecified atom stereocenters. The van der Waals surface area contributed by atoms with Crippen LogP contribution in [-0.2, 0) is 0 Å². The highest BCUT2D eigenvalue weighted by atomic mass is 127. The van der Waals surface area contributed by atoms with Crippen LogP contribution in [0.25, 0.3) is 0 Å². The van der Waals surface area contributed by atoms with Crippen molar-refractivity contribution in [2.24, 2.45) is 0 Å². The summed E-state index contributed by atoms with van der Waals surface area (Å²) in [6.45, 7) is 4.25. The zero-order valence-corrected chi connectivity index (χ0v) is 7.68. The molecule has 1 aromatic rings. The number of hydrogen-bond donors (Lipinski definition) is 0. The minimum absolute atomic E-state index is 0.506. The Morgan fingerprint density at radius 2 is 2.22 bits per heavy atom. The molecular weight excluding hydrogens is 227 g/mol. The lowest BCUT2D eigenvalue weighted by Crippen LogP contribution is -1.84. The van der Waals surface area contributed by atoms with Crippen LogP contribution in [0.4, 0.5) is 0 Å². The molecule has 2 heteroatoms. The average Bonchev–Trinajstić information content (AvgIpc) is 2.13. The second-order valence-corrected chi connectivity index (χ2v) is 3.45. The van der Waals surface area contributed by atoms with Crippen LogP contribution in [0, 0.1) is 3.57 Å². The Bertz CT molecular complexity index is 191. The van der Waals surface area contributed by atoms with E-state index in [1.54, 1.807) is 6.26 Å². The lowest BCUT2D eigenvalue weighted by molar-refractivity contribution is 0.484. The van der Waals surface area contributed by atoms with Crippen LogP contribution in [0.2, 0.25) is 0 Å². The summed E-state index contributed by atoms with van der Waals surface area (Å²) in [6.07, 6.45) is 1.73. The molecule has 1 nitrogen and oxygen atoms in total. The van der Waals surface area contributed by atoms with E-state index in [1.807, 2.05) is 6.07 Å². The zero-order chi connectivity index (χ0) is 6.85. The summed E-state index contributed by atoms with van der Waals surface area (Å²) < 4.78 is 6.44. The number of halogens is 1. The van der Waals surface area contributed by atoms with Crippen LogP contribution < -0.4 is 0 Å². The van der Waals surface area contributed by atoms with Crippen LogP contribution in [0.5, 0.6) is 0 Å². The van der Waals surface area contributed by atoms with Gasteiger partial charge in [0.25, 0.3) is 0 Å². The Morgan fingerprint density at radius 3 is 2.44 bits per heavy atom. The molecule has 0 radical (unpaired) electrons. The summed E-state index contributed by atoms with van der Waals surface area (Å²) >= 11 is 2.28. The van der Waals surface area contributed by atoms with E-state index in [1.165, 1.54) is 3.57 Å². The second kappa shape index (κ2) is 2.73. The normalized spacial score (nSPS) is 10.7. The highest BCUT2D eigenvalue weighted by Gasteiger charge is 2.05. The fourth-order valence-electron chi connectivity index (χ4n) is 0.717. The molecule has 0 atom stereocenters. The topological polar surface area (TPSA) is 13.1 Å². The van der Waals surface area contributed by atoms with Crippen molar-refractivity contribution in [2.45, 2.75) is 19.8 Å². The molecule has 0 aliphatic heterocycles. The third kappa shape index (κ3) is 1.47. The summed E-state index contributed by atoms with van der Waals surface area (Å²) in [5, 5.41) is 0. The predicted octanol–water partition coefficient (Wildman–Crippen LogP) is 3.01. The van der Waals surface area contributed by atoms with Crippen LogP contribution in [0.3, 0.4) is 0 Å². The summed E-state index contributed by atoms with van der Waals surface area (Å²) in [5.41, 5.74) is 0. The Hall–Kier alpha value is 0.01000. The molecule has 1 aromatic heterocycles. The first kappa shape index (κ1) is 7.12. The van der Waals surface area contributed by atoms with Gasteiger partial charge < -0.3 is 4.42 Å². The first-order valence-electron chi connectivity index (χ1n) is 2.94. The van der Waals surface area contributed by atoms with Crippen molar-refractivity contribution in [2.75, 3.05) is 0 Å². The summed E-state index contributed by atoms with van der Waals surface area (Å²) in [5.74, 6) is 1.60. The molecule has 0 amide bonds. The van der Waals surface area contributed by atoms with E-state index >= 15 is 0 Å². The van der Waals surface area contributed by atoms with Gasteiger partial charge in [0.05, 0.1) is 9.83 Å². The maximum absolute atomic E-state index is 5.22. The minimum atomic E-state index is 0.506. The van der Waals surface area contributed by atoms with Crippen molar-refractivity contribution in [1.82, 2.24) is 0 Å². The standard InChI is InChI=1S/C7H9IO/c1-5(2)7-6(8)3-4-9-7/h3-5H,1-2H3. The van der Waals surface area contributed by atoms with Crippen LogP contribution in [-0.4, -0.2) is 0 Å². The molecule has 1 heterocycles. The maximum Gasteiger partial charge on any atom is 0.119 e. The zero-order valence-electron chi connectivity index (χ0n) is 5.52. The molecule has 9 heavy (non-hydrogen) atoms. The maximum atomic E-state index is 5.22. The van der Waals surface area contributed by atoms with Crippen molar-refractivity contribution in [1.29, 1.82) is 0 Å². The third-order valence-corrected chi connectivity index (χ3v) is 2.06. The van der Waals surface area contributed by atoms with Crippen molar-refractivity contribution in [3.8, 4) is 0 Å². The second-order valence-electron chi connectivity index (χ2n) is 2.29. The smallest absolute Gasteiger partial charge is 0.119 e. The highest BCUT2D eigenvalue weighted by Crippen LogP contribution is 2.21. The molecule has 0 N–H and O–H groups in total. The van der Waals surface area contributed by atoms with Gasteiger partial charge in [0, 0.05) is 5.92 Å². The number of rotatable bonds is 1. The number of hydrogen-bond acceptors (Lipinski definition) is 1. The van der Waals surface area contributed by atoms with Gasteiger partial charge >= 0.3 is 0 Å². The van der Waals surface area contributed by atoms with Gasteiger partial charge in [-0.3, -0.25) is 0 Å². The average molecular weight is 236 g/mol. The van der Waals surface area contributed by atoms with Gasteiger partial charge in [-0.2, -0.15) is 0 Å². The lowest BCUT2D eigenvalue weighted by atomic mass is 10.2. The first-order chi connectivity index (χ1) is 4.22. The van der Waals surface area contributed by atoms with Crippen molar-refractivity contribution in [3.05, 3.63) is 21.7 Å². The molecular formula is C7H9IO. The van der Waals surface area contributed by atoms with Crippen molar-refractivity contribution in [3.63, 3.8) is 0 Å². The van der Waals surface area contributed by atoms with E-state index in [2.05, 4.69) is 36.4 Å². The van der Waals surface area contributed by atoms with Crippen LogP contribution in [0.1, 0.15) is 25.5 Å². The molecule has 0 saturated heterocycles. The predicted molar refractivity (Wildman–Crippen MR) is 45.5 cm³/mol. The summed E-state index contributed by atoms with van der Waals surface area (Å²) in [7, 11) is 0. The van der Waals surface area contributed by atoms with E-state index in [0.717, 1.165) is 5.76 Å². The van der Waals surface area contributed by atoms with Crippen molar-refractivity contribution < 1.29 is 4.42 Å². The minimum Gasteiger partial charge on any atom is -0.468 e. The lowest BCUT2D eigenvalue weighted by Gasteiger charge is -1.98. The Balaban J connectivity index is 2.94. The molecule has 50 valence electrons. The van der Waals surface area contributed by atoms with Crippen LogP contribution >= 0.6 is 22.6 Å². The van der Waals surface area contributed by atoms with E-state index in [0.29, 0.717) is 5.92 Å². The monoisotopic (exact) mass is 236 g/mol. The third-order valence-electron chi connectivity index (χ3n) is 1.17. The number of furan rings is 1. The van der Waals surface area contributed by atoms with E-state index in [4.69, 9.17) is 4.42 Å². The fraction of sp³-hybridized carbons (Fsp3) is 0.429. The summed E-state index contributed by atoms with van der Waals surface area (Å²) in [6, 6.07) is 1.98. The SMILES string of the molecule is CC(C)c1occc1I.